The van der Waals surface area contributed by atoms with Gasteiger partial charge >= 0.3 is 0 Å². The standard InChI is InChI=1S/C19H23NO/c1-14-4-7-18(8-5-14)13-20-19(21)11-10-17-9-6-15(2)16(3)12-17/h4-9,12H,10-11,13H2,1-3H3,(H,20,21). The molecule has 0 heterocycles. The van der Waals surface area contributed by atoms with Crippen LogP contribution in [0.2, 0.25) is 0 Å². The van der Waals surface area contributed by atoms with E-state index >= 15 is 0 Å². The minimum absolute atomic E-state index is 0.105. The Kier molecular flexibility index (Phi) is 5.15. The van der Waals surface area contributed by atoms with Gasteiger partial charge in [-0.05, 0) is 49.4 Å². The first kappa shape index (κ1) is 15.3. The molecule has 0 spiro atoms. The van der Waals surface area contributed by atoms with Crippen LogP contribution in [0.3, 0.4) is 0 Å². The summed E-state index contributed by atoms with van der Waals surface area (Å²) in [6.45, 7) is 6.88. The van der Waals surface area contributed by atoms with Gasteiger partial charge in [0.1, 0.15) is 0 Å². The fourth-order valence-electron chi connectivity index (χ4n) is 2.21. The number of rotatable bonds is 5. The fourth-order valence-corrected chi connectivity index (χ4v) is 2.21. The van der Waals surface area contributed by atoms with E-state index in [2.05, 4.69) is 68.6 Å². The van der Waals surface area contributed by atoms with Crippen molar-refractivity contribution in [2.75, 3.05) is 0 Å². The molecule has 21 heavy (non-hydrogen) atoms. The van der Waals surface area contributed by atoms with Crippen LogP contribution in [0, 0.1) is 20.8 Å². The first-order valence-electron chi connectivity index (χ1n) is 7.43. The number of carbonyl (C=O) groups is 1. The van der Waals surface area contributed by atoms with Gasteiger partial charge in [0.25, 0.3) is 0 Å². The van der Waals surface area contributed by atoms with Crippen LogP contribution in [0.4, 0.5) is 0 Å². The van der Waals surface area contributed by atoms with Gasteiger partial charge in [0.15, 0.2) is 0 Å². The molecule has 0 aliphatic rings. The van der Waals surface area contributed by atoms with Crippen molar-refractivity contribution in [2.24, 2.45) is 0 Å². The Hall–Kier alpha value is -2.09. The SMILES string of the molecule is Cc1ccc(CNC(=O)CCc2ccc(C)c(C)c2)cc1. The second-order valence-electron chi connectivity index (χ2n) is 5.68. The molecule has 0 fully saturated rings. The normalized spacial score (nSPS) is 10.4. The van der Waals surface area contributed by atoms with Crippen molar-refractivity contribution in [3.63, 3.8) is 0 Å². The second-order valence-corrected chi connectivity index (χ2v) is 5.68. The zero-order valence-electron chi connectivity index (χ0n) is 13.1. The highest BCUT2D eigenvalue weighted by molar-refractivity contribution is 5.76. The topological polar surface area (TPSA) is 29.1 Å². The van der Waals surface area contributed by atoms with Crippen molar-refractivity contribution in [1.29, 1.82) is 0 Å². The maximum atomic E-state index is 11.9. The number of amides is 1. The monoisotopic (exact) mass is 281 g/mol. The second kappa shape index (κ2) is 7.07. The van der Waals surface area contributed by atoms with Crippen molar-refractivity contribution in [2.45, 2.75) is 40.2 Å². The Morgan fingerprint density at radius 1 is 0.905 bits per heavy atom. The average Bonchev–Trinajstić information content (AvgIpc) is 2.48. The average molecular weight is 281 g/mol. The quantitative estimate of drug-likeness (QED) is 0.886. The number of carbonyl (C=O) groups excluding carboxylic acids is 1. The highest BCUT2D eigenvalue weighted by Crippen LogP contribution is 2.11. The van der Waals surface area contributed by atoms with Gasteiger partial charge in [-0.25, -0.2) is 0 Å². The van der Waals surface area contributed by atoms with E-state index in [0.717, 1.165) is 12.0 Å². The van der Waals surface area contributed by atoms with Gasteiger partial charge in [-0.15, -0.1) is 0 Å². The van der Waals surface area contributed by atoms with Crippen LogP contribution in [-0.2, 0) is 17.8 Å². The summed E-state index contributed by atoms with van der Waals surface area (Å²) in [4.78, 5) is 11.9. The Morgan fingerprint density at radius 2 is 1.57 bits per heavy atom. The van der Waals surface area contributed by atoms with Gasteiger partial charge in [0.2, 0.25) is 5.91 Å². The summed E-state index contributed by atoms with van der Waals surface area (Å²) < 4.78 is 0. The summed E-state index contributed by atoms with van der Waals surface area (Å²) >= 11 is 0. The van der Waals surface area contributed by atoms with Gasteiger partial charge in [0.05, 0.1) is 0 Å². The summed E-state index contributed by atoms with van der Waals surface area (Å²) in [5.74, 6) is 0.105. The van der Waals surface area contributed by atoms with E-state index < -0.39 is 0 Å². The third-order valence-corrected chi connectivity index (χ3v) is 3.82. The summed E-state index contributed by atoms with van der Waals surface area (Å²) in [6.07, 6.45) is 1.33. The zero-order valence-corrected chi connectivity index (χ0v) is 13.1. The predicted octanol–water partition coefficient (Wildman–Crippen LogP) is 3.86. The molecule has 2 aromatic carbocycles. The van der Waals surface area contributed by atoms with Crippen molar-refractivity contribution in [1.82, 2.24) is 5.32 Å². The van der Waals surface area contributed by atoms with E-state index in [1.54, 1.807) is 0 Å². The molecule has 2 nitrogen and oxygen atoms in total. The van der Waals surface area contributed by atoms with Crippen molar-refractivity contribution in [3.8, 4) is 0 Å². The van der Waals surface area contributed by atoms with E-state index in [-0.39, 0.29) is 5.91 Å². The molecule has 0 aromatic heterocycles. The van der Waals surface area contributed by atoms with E-state index in [1.807, 2.05) is 0 Å². The van der Waals surface area contributed by atoms with Crippen LogP contribution in [0.15, 0.2) is 42.5 Å². The van der Waals surface area contributed by atoms with E-state index in [0.29, 0.717) is 13.0 Å². The predicted molar refractivity (Wildman–Crippen MR) is 87.3 cm³/mol. The molecule has 0 atom stereocenters. The summed E-state index contributed by atoms with van der Waals surface area (Å²) in [5, 5.41) is 2.98. The van der Waals surface area contributed by atoms with E-state index in [9.17, 15) is 4.79 Å². The van der Waals surface area contributed by atoms with E-state index in [4.69, 9.17) is 0 Å². The highest BCUT2D eigenvalue weighted by atomic mass is 16.1. The number of hydrogen-bond acceptors (Lipinski definition) is 1. The minimum atomic E-state index is 0.105. The van der Waals surface area contributed by atoms with Gasteiger partial charge in [-0.2, -0.15) is 0 Å². The summed E-state index contributed by atoms with van der Waals surface area (Å²) in [5.41, 5.74) is 6.18. The molecular weight excluding hydrogens is 258 g/mol. The van der Waals surface area contributed by atoms with Gasteiger partial charge in [-0.1, -0.05) is 48.0 Å². The third-order valence-electron chi connectivity index (χ3n) is 3.82. The molecule has 0 aliphatic heterocycles. The molecule has 0 radical (unpaired) electrons. The largest absolute Gasteiger partial charge is 0.352 e. The number of nitrogens with one attached hydrogen (secondary N) is 1. The fraction of sp³-hybridized carbons (Fsp3) is 0.316. The maximum absolute atomic E-state index is 11.9. The summed E-state index contributed by atoms with van der Waals surface area (Å²) in [6, 6.07) is 14.6. The Balaban J connectivity index is 1.79. The number of benzene rings is 2. The number of hydrogen-bond donors (Lipinski definition) is 1. The molecule has 0 unspecified atom stereocenters. The Labute approximate surface area is 127 Å². The maximum Gasteiger partial charge on any atom is 0.220 e. The lowest BCUT2D eigenvalue weighted by molar-refractivity contribution is -0.121. The van der Waals surface area contributed by atoms with Crippen LogP contribution >= 0.6 is 0 Å². The molecule has 2 rings (SSSR count). The molecule has 2 heteroatoms. The van der Waals surface area contributed by atoms with Gasteiger partial charge < -0.3 is 5.32 Å². The highest BCUT2D eigenvalue weighted by Gasteiger charge is 2.03. The first-order valence-corrected chi connectivity index (χ1v) is 7.43. The molecule has 0 bridgehead atoms. The molecule has 1 N–H and O–H groups in total. The van der Waals surface area contributed by atoms with Crippen molar-refractivity contribution < 1.29 is 4.79 Å². The molecule has 0 saturated heterocycles. The lowest BCUT2D eigenvalue weighted by atomic mass is 10.0. The van der Waals surface area contributed by atoms with Crippen molar-refractivity contribution in [3.05, 3.63) is 70.3 Å². The Bertz CT molecular complexity index is 614. The van der Waals surface area contributed by atoms with Crippen LogP contribution in [0.25, 0.3) is 0 Å². The summed E-state index contributed by atoms with van der Waals surface area (Å²) in [7, 11) is 0. The third kappa shape index (κ3) is 4.75. The van der Waals surface area contributed by atoms with Crippen molar-refractivity contribution >= 4 is 5.91 Å². The van der Waals surface area contributed by atoms with Crippen LogP contribution in [-0.4, -0.2) is 5.91 Å². The van der Waals surface area contributed by atoms with E-state index in [1.165, 1.54) is 22.3 Å². The van der Waals surface area contributed by atoms with Crippen LogP contribution < -0.4 is 5.32 Å². The molecule has 1 amide bonds. The van der Waals surface area contributed by atoms with Gasteiger partial charge in [-0.3, -0.25) is 4.79 Å². The Morgan fingerprint density at radius 3 is 2.24 bits per heavy atom. The zero-order chi connectivity index (χ0) is 15.2. The molecule has 110 valence electrons. The molecular formula is C19H23NO. The number of aryl methyl sites for hydroxylation is 4. The minimum Gasteiger partial charge on any atom is -0.352 e. The lowest BCUT2D eigenvalue weighted by Crippen LogP contribution is -2.22. The van der Waals surface area contributed by atoms with Crippen LogP contribution in [0.5, 0.6) is 0 Å². The molecule has 0 saturated carbocycles. The molecule has 2 aromatic rings. The smallest absolute Gasteiger partial charge is 0.220 e. The van der Waals surface area contributed by atoms with Crippen LogP contribution in [0.1, 0.15) is 34.2 Å². The van der Waals surface area contributed by atoms with Gasteiger partial charge in [0, 0.05) is 13.0 Å². The first-order chi connectivity index (χ1) is 10.0. The lowest BCUT2D eigenvalue weighted by Gasteiger charge is -2.07. The molecule has 0 aliphatic carbocycles.